The summed E-state index contributed by atoms with van der Waals surface area (Å²) in [5, 5.41) is 2.74. The molecule has 0 saturated heterocycles. The van der Waals surface area contributed by atoms with E-state index < -0.39 is 0 Å². The maximum atomic E-state index is 12.6. The second-order valence-electron chi connectivity index (χ2n) is 7.32. The highest BCUT2D eigenvalue weighted by Crippen LogP contribution is 2.34. The molecule has 2 aliphatic rings. The average molecular weight is 423 g/mol. The van der Waals surface area contributed by atoms with Crippen molar-refractivity contribution < 1.29 is 28.7 Å². The van der Waals surface area contributed by atoms with E-state index in [1.165, 1.54) is 9.80 Å². The molecular formula is C22H21N3O6. The van der Waals surface area contributed by atoms with Gasteiger partial charge in [-0.2, -0.15) is 0 Å². The second kappa shape index (κ2) is 8.10. The van der Waals surface area contributed by atoms with Crippen LogP contribution in [0, 0.1) is 0 Å². The van der Waals surface area contributed by atoms with Crippen molar-refractivity contribution in [2.75, 3.05) is 42.4 Å². The molecule has 2 heterocycles. The Bertz CT molecular complexity index is 1100. The Morgan fingerprint density at radius 2 is 1.45 bits per heavy atom. The maximum Gasteiger partial charge on any atom is 0.264 e. The number of ketones is 1. The van der Waals surface area contributed by atoms with Crippen LogP contribution >= 0.6 is 0 Å². The van der Waals surface area contributed by atoms with Crippen LogP contribution in [0.1, 0.15) is 23.2 Å². The molecule has 0 aliphatic carbocycles. The summed E-state index contributed by atoms with van der Waals surface area (Å²) in [5.41, 5.74) is 2.01. The summed E-state index contributed by atoms with van der Waals surface area (Å²) in [6.07, 6.45) is -0.000872. The zero-order valence-electron chi connectivity index (χ0n) is 17.1. The predicted molar refractivity (Wildman–Crippen MR) is 113 cm³/mol. The normalized spacial score (nSPS) is 14.9. The topological polar surface area (TPSA) is 105 Å². The number of hydrogen-bond acceptors (Lipinski definition) is 6. The molecule has 160 valence electrons. The first-order valence-electron chi connectivity index (χ1n) is 9.73. The Kier molecular flexibility index (Phi) is 5.33. The molecule has 4 rings (SSSR count). The molecule has 0 saturated carbocycles. The van der Waals surface area contributed by atoms with E-state index in [1.54, 1.807) is 50.5 Å². The summed E-state index contributed by atoms with van der Waals surface area (Å²) < 4.78 is 10.7. The maximum absolute atomic E-state index is 12.6. The highest BCUT2D eigenvalue weighted by molar-refractivity contribution is 6.03. The van der Waals surface area contributed by atoms with E-state index in [-0.39, 0.29) is 49.6 Å². The van der Waals surface area contributed by atoms with E-state index in [0.29, 0.717) is 34.1 Å². The largest absolute Gasteiger partial charge is 0.482 e. The molecule has 2 aromatic carbocycles. The van der Waals surface area contributed by atoms with Crippen molar-refractivity contribution in [2.24, 2.45) is 0 Å². The minimum atomic E-state index is -0.326. The minimum absolute atomic E-state index is 0.00950. The van der Waals surface area contributed by atoms with Crippen LogP contribution in [0.15, 0.2) is 36.4 Å². The number of carbonyl (C=O) groups is 4. The molecular weight excluding hydrogens is 402 g/mol. The summed E-state index contributed by atoms with van der Waals surface area (Å²) in [7, 11) is 3.27. The minimum Gasteiger partial charge on any atom is -0.482 e. The number of likely N-dealkylation sites (N-methyl/N-ethyl adjacent to an activating group) is 2. The summed E-state index contributed by atoms with van der Waals surface area (Å²) in [5.74, 6) is 0.191. The van der Waals surface area contributed by atoms with Crippen molar-refractivity contribution in [1.82, 2.24) is 0 Å². The number of anilines is 3. The van der Waals surface area contributed by atoms with Gasteiger partial charge in [0.15, 0.2) is 19.0 Å². The number of benzene rings is 2. The molecule has 0 bridgehead atoms. The number of Topliss-reactive ketones (excluding diaryl/α,β-unsaturated/α-hetero) is 1. The summed E-state index contributed by atoms with van der Waals surface area (Å²) in [6.45, 7) is -0.0498. The van der Waals surface area contributed by atoms with Gasteiger partial charge in [-0.1, -0.05) is 0 Å². The van der Waals surface area contributed by atoms with Crippen molar-refractivity contribution in [1.29, 1.82) is 0 Å². The van der Waals surface area contributed by atoms with Gasteiger partial charge in [0.2, 0.25) is 5.91 Å². The van der Waals surface area contributed by atoms with E-state index in [9.17, 15) is 19.2 Å². The lowest BCUT2D eigenvalue weighted by Gasteiger charge is -2.26. The van der Waals surface area contributed by atoms with Crippen LogP contribution in [0.25, 0.3) is 0 Å². The summed E-state index contributed by atoms with van der Waals surface area (Å²) in [6, 6.07) is 9.90. The van der Waals surface area contributed by atoms with Gasteiger partial charge < -0.3 is 24.6 Å². The van der Waals surface area contributed by atoms with Crippen molar-refractivity contribution in [3.63, 3.8) is 0 Å². The zero-order valence-corrected chi connectivity index (χ0v) is 17.1. The molecule has 31 heavy (non-hydrogen) atoms. The van der Waals surface area contributed by atoms with E-state index in [0.717, 1.165) is 0 Å². The lowest BCUT2D eigenvalue weighted by atomic mass is 10.0. The third-order valence-electron chi connectivity index (χ3n) is 5.28. The lowest BCUT2D eigenvalue weighted by molar-refractivity contribution is -0.121. The molecule has 0 aromatic heterocycles. The Balaban J connectivity index is 1.38. The SMILES string of the molecule is CN1C(=O)COc2ccc(NC(=O)CCC(=O)c3ccc4c(c3)N(C)C(=O)CO4)cc21. The molecule has 2 aromatic rings. The number of hydrogen-bond donors (Lipinski definition) is 1. The third kappa shape index (κ3) is 4.07. The van der Waals surface area contributed by atoms with Crippen LogP contribution < -0.4 is 24.6 Å². The standard InChI is InChI=1S/C22H21N3O6/c1-24-15-9-13(3-6-18(15)30-11-21(24)28)17(26)5-8-20(27)23-14-4-7-19-16(10-14)25(2)22(29)12-31-19/h3-4,6-7,9-10H,5,8,11-12H2,1-2H3,(H,23,27). The van der Waals surface area contributed by atoms with Crippen molar-refractivity contribution >= 4 is 40.6 Å². The number of nitrogens with zero attached hydrogens (tertiary/aromatic N) is 2. The molecule has 0 fully saturated rings. The second-order valence-corrected chi connectivity index (χ2v) is 7.32. The van der Waals surface area contributed by atoms with Gasteiger partial charge in [0.25, 0.3) is 11.8 Å². The molecule has 0 spiro atoms. The van der Waals surface area contributed by atoms with Gasteiger partial charge in [-0.05, 0) is 36.4 Å². The molecule has 1 N–H and O–H groups in total. The van der Waals surface area contributed by atoms with Gasteiger partial charge in [0.1, 0.15) is 11.5 Å². The lowest BCUT2D eigenvalue weighted by Crippen LogP contribution is -2.35. The van der Waals surface area contributed by atoms with Crippen molar-refractivity contribution in [3.05, 3.63) is 42.0 Å². The van der Waals surface area contributed by atoms with Crippen LogP contribution in [0.4, 0.5) is 17.1 Å². The van der Waals surface area contributed by atoms with E-state index in [4.69, 9.17) is 9.47 Å². The Labute approximate surface area is 178 Å². The van der Waals surface area contributed by atoms with E-state index >= 15 is 0 Å². The van der Waals surface area contributed by atoms with Gasteiger partial charge >= 0.3 is 0 Å². The van der Waals surface area contributed by atoms with Crippen LogP contribution in [0.3, 0.4) is 0 Å². The highest BCUT2D eigenvalue weighted by Gasteiger charge is 2.24. The molecule has 2 aliphatic heterocycles. The fraction of sp³-hybridized carbons (Fsp3) is 0.273. The predicted octanol–water partition coefficient (Wildman–Crippen LogP) is 2.00. The molecule has 3 amide bonds. The number of amides is 3. The number of carbonyl (C=O) groups excluding carboxylic acids is 4. The van der Waals surface area contributed by atoms with Gasteiger partial charge in [-0.25, -0.2) is 0 Å². The van der Waals surface area contributed by atoms with E-state index in [1.807, 2.05) is 0 Å². The smallest absolute Gasteiger partial charge is 0.264 e. The van der Waals surface area contributed by atoms with E-state index in [2.05, 4.69) is 5.32 Å². The summed E-state index contributed by atoms with van der Waals surface area (Å²) in [4.78, 5) is 51.4. The van der Waals surface area contributed by atoms with Crippen LogP contribution in [-0.4, -0.2) is 50.8 Å². The molecule has 0 unspecified atom stereocenters. The Hall–Kier alpha value is -3.88. The average Bonchev–Trinajstić information content (AvgIpc) is 2.77. The number of ether oxygens (including phenoxy) is 2. The fourth-order valence-corrected chi connectivity index (χ4v) is 3.39. The molecule has 9 heteroatoms. The highest BCUT2D eigenvalue weighted by atomic mass is 16.5. The quantitative estimate of drug-likeness (QED) is 0.738. The van der Waals surface area contributed by atoms with Crippen LogP contribution in [0.5, 0.6) is 11.5 Å². The number of nitrogens with one attached hydrogen (secondary N) is 1. The fourth-order valence-electron chi connectivity index (χ4n) is 3.39. The zero-order chi connectivity index (χ0) is 22.1. The van der Waals surface area contributed by atoms with Gasteiger partial charge in [-0.3, -0.25) is 19.2 Å². The number of rotatable bonds is 5. The van der Waals surface area contributed by atoms with Gasteiger partial charge in [-0.15, -0.1) is 0 Å². The van der Waals surface area contributed by atoms with Crippen molar-refractivity contribution in [3.8, 4) is 11.5 Å². The first-order valence-corrected chi connectivity index (χ1v) is 9.73. The first-order chi connectivity index (χ1) is 14.8. The third-order valence-corrected chi connectivity index (χ3v) is 5.28. The van der Waals surface area contributed by atoms with Gasteiger partial charge in [0.05, 0.1) is 11.4 Å². The molecule has 0 atom stereocenters. The Morgan fingerprint density at radius 1 is 0.871 bits per heavy atom. The first kappa shape index (κ1) is 20.4. The summed E-state index contributed by atoms with van der Waals surface area (Å²) >= 11 is 0. The Morgan fingerprint density at radius 3 is 2.10 bits per heavy atom. The molecule has 9 nitrogen and oxygen atoms in total. The number of fused-ring (bicyclic) bond motifs is 2. The monoisotopic (exact) mass is 423 g/mol. The van der Waals surface area contributed by atoms with Crippen LogP contribution in [-0.2, 0) is 14.4 Å². The van der Waals surface area contributed by atoms with Crippen molar-refractivity contribution in [2.45, 2.75) is 12.8 Å². The van der Waals surface area contributed by atoms with Gasteiger partial charge in [0, 0.05) is 38.2 Å². The molecule has 0 radical (unpaired) electrons. The van der Waals surface area contributed by atoms with Crippen LogP contribution in [0.2, 0.25) is 0 Å².